The summed E-state index contributed by atoms with van der Waals surface area (Å²) < 4.78 is 9.68. The van der Waals surface area contributed by atoms with Crippen molar-refractivity contribution in [2.45, 2.75) is 47.0 Å². The third-order valence-corrected chi connectivity index (χ3v) is 3.12. The fourth-order valence-corrected chi connectivity index (χ4v) is 1.92. The Hall–Kier alpha value is -1.80. The molecule has 0 heterocycles. The van der Waals surface area contributed by atoms with E-state index in [2.05, 4.69) is 5.73 Å². The van der Waals surface area contributed by atoms with Crippen LogP contribution in [0.3, 0.4) is 0 Å². The highest BCUT2D eigenvalue weighted by molar-refractivity contribution is 6.00. The second-order valence-electron chi connectivity index (χ2n) is 5.44. The van der Waals surface area contributed by atoms with Crippen LogP contribution in [0.4, 0.5) is 0 Å². The molecule has 0 radical (unpaired) electrons. The standard InChI is InChI=1S/C17H26O4/c1-13(2)9-7-8-11-17(15(18)20-5,16(19)21-6)12-10-14(3)4/h7,10H,8,11-12H2,1-6H3. The Bertz CT molecular complexity index is 441. The van der Waals surface area contributed by atoms with Gasteiger partial charge in [-0.25, -0.2) is 0 Å². The minimum absolute atomic E-state index is 0.275. The molecule has 0 aromatic heterocycles. The summed E-state index contributed by atoms with van der Waals surface area (Å²) in [5, 5.41) is 0. The molecule has 0 rings (SSSR count). The van der Waals surface area contributed by atoms with Gasteiger partial charge in [-0.05, 0) is 58.6 Å². The van der Waals surface area contributed by atoms with Gasteiger partial charge < -0.3 is 9.47 Å². The quantitative estimate of drug-likeness (QED) is 0.312. The average molecular weight is 294 g/mol. The number of carbonyl (C=O) groups is 2. The molecular formula is C17H26O4. The molecule has 118 valence electrons. The van der Waals surface area contributed by atoms with Gasteiger partial charge in [0.2, 0.25) is 0 Å². The molecule has 0 aliphatic rings. The SMILES string of the molecule is COC(=O)C(CC=C(C)C)(CCC=C=C(C)C)C(=O)OC. The monoisotopic (exact) mass is 294 g/mol. The Kier molecular flexibility index (Phi) is 8.41. The van der Waals surface area contributed by atoms with Gasteiger partial charge in [0.1, 0.15) is 0 Å². The van der Waals surface area contributed by atoms with Crippen molar-refractivity contribution in [1.82, 2.24) is 0 Å². The molecule has 0 bridgehead atoms. The van der Waals surface area contributed by atoms with Crippen molar-refractivity contribution in [1.29, 1.82) is 0 Å². The van der Waals surface area contributed by atoms with Crippen molar-refractivity contribution in [2.24, 2.45) is 5.41 Å². The molecule has 4 heteroatoms. The first-order valence-corrected chi connectivity index (χ1v) is 6.98. The van der Waals surface area contributed by atoms with Gasteiger partial charge in [-0.2, -0.15) is 0 Å². The maximum absolute atomic E-state index is 12.2. The zero-order chi connectivity index (χ0) is 16.5. The van der Waals surface area contributed by atoms with E-state index in [9.17, 15) is 9.59 Å². The van der Waals surface area contributed by atoms with Crippen LogP contribution in [0.2, 0.25) is 0 Å². The molecule has 0 aliphatic carbocycles. The second kappa shape index (κ2) is 9.19. The zero-order valence-electron chi connectivity index (χ0n) is 13.9. The largest absolute Gasteiger partial charge is 0.468 e. The van der Waals surface area contributed by atoms with Crippen molar-refractivity contribution in [3.05, 3.63) is 29.0 Å². The minimum Gasteiger partial charge on any atom is -0.468 e. The van der Waals surface area contributed by atoms with Crippen LogP contribution >= 0.6 is 0 Å². The molecule has 0 unspecified atom stereocenters. The summed E-state index contributed by atoms with van der Waals surface area (Å²) in [7, 11) is 2.57. The molecule has 0 spiro atoms. The second-order valence-corrected chi connectivity index (χ2v) is 5.44. The van der Waals surface area contributed by atoms with Crippen LogP contribution in [0, 0.1) is 5.41 Å². The number of esters is 2. The zero-order valence-corrected chi connectivity index (χ0v) is 13.9. The van der Waals surface area contributed by atoms with Gasteiger partial charge in [-0.1, -0.05) is 11.6 Å². The highest BCUT2D eigenvalue weighted by atomic mass is 16.5. The summed E-state index contributed by atoms with van der Waals surface area (Å²) in [6.07, 6.45) is 4.84. The molecule has 0 aromatic rings. The Morgan fingerprint density at radius 3 is 1.95 bits per heavy atom. The number of ether oxygens (including phenoxy) is 2. The van der Waals surface area contributed by atoms with Crippen LogP contribution in [0.25, 0.3) is 0 Å². The topological polar surface area (TPSA) is 52.6 Å². The van der Waals surface area contributed by atoms with Gasteiger partial charge in [0.25, 0.3) is 0 Å². The first kappa shape index (κ1) is 19.2. The number of hydrogen-bond acceptors (Lipinski definition) is 4. The van der Waals surface area contributed by atoms with Crippen LogP contribution in [0.5, 0.6) is 0 Å². The molecule has 4 nitrogen and oxygen atoms in total. The normalized spacial score (nSPS) is 10.2. The maximum Gasteiger partial charge on any atom is 0.323 e. The lowest BCUT2D eigenvalue weighted by Gasteiger charge is -2.26. The lowest BCUT2D eigenvalue weighted by Crippen LogP contribution is -2.41. The number of allylic oxidation sites excluding steroid dienone is 3. The molecule has 0 atom stereocenters. The predicted molar refractivity (Wildman–Crippen MR) is 82.7 cm³/mol. The highest BCUT2D eigenvalue weighted by Crippen LogP contribution is 2.33. The van der Waals surface area contributed by atoms with Gasteiger partial charge in [0, 0.05) is 0 Å². The van der Waals surface area contributed by atoms with Crippen LogP contribution in [0.15, 0.2) is 29.0 Å². The van der Waals surface area contributed by atoms with Crippen LogP contribution in [-0.2, 0) is 19.1 Å². The Morgan fingerprint density at radius 1 is 1.05 bits per heavy atom. The van der Waals surface area contributed by atoms with E-state index in [0.717, 1.165) is 11.1 Å². The van der Waals surface area contributed by atoms with E-state index in [1.807, 2.05) is 39.8 Å². The van der Waals surface area contributed by atoms with Gasteiger partial charge >= 0.3 is 11.9 Å². The summed E-state index contributed by atoms with van der Waals surface area (Å²) in [6, 6.07) is 0. The number of hydrogen-bond donors (Lipinski definition) is 0. The first-order valence-electron chi connectivity index (χ1n) is 6.98. The van der Waals surface area contributed by atoms with Crippen molar-refractivity contribution < 1.29 is 19.1 Å². The summed E-state index contributed by atoms with van der Waals surface area (Å²) in [6.45, 7) is 7.71. The lowest BCUT2D eigenvalue weighted by atomic mass is 9.79. The van der Waals surface area contributed by atoms with Gasteiger partial charge in [0.05, 0.1) is 14.2 Å². The lowest BCUT2D eigenvalue weighted by molar-refractivity contribution is -0.169. The molecule has 0 amide bonds. The van der Waals surface area contributed by atoms with E-state index in [0.29, 0.717) is 12.8 Å². The molecule has 0 fully saturated rings. The van der Waals surface area contributed by atoms with E-state index in [1.165, 1.54) is 14.2 Å². The van der Waals surface area contributed by atoms with E-state index in [1.54, 1.807) is 0 Å². The van der Waals surface area contributed by atoms with Crippen molar-refractivity contribution in [3.63, 3.8) is 0 Å². The summed E-state index contributed by atoms with van der Waals surface area (Å²) in [5.41, 5.74) is 3.85. The third-order valence-electron chi connectivity index (χ3n) is 3.12. The molecule has 0 N–H and O–H groups in total. The fourth-order valence-electron chi connectivity index (χ4n) is 1.92. The van der Waals surface area contributed by atoms with E-state index < -0.39 is 17.4 Å². The van der Waals surface area contributed by atoms with E-state index in [4.69, 9.17) is 9.47 Å². The Labute approximate surface area is 127 Å². The average Bonchev–Trinajstić information content (AvgIpc) is 2.44. The fraction of sp³-hybridized carbons (Fsp3) is 0.588. The number of rotatable bonds is 7. The summed E-state index contributed by atoms with van der Waals surface area (Å²) in [5.74, 6) is -1.12. The van der Waals surface area contributed by atoms with Crippen LogP contribution < -0.4 is 0 Å². The molecule has 0 aromatic carbocycles. The number of carbonyl (C=O) groups excluding carboxylic acids is 2. The Morgan fingerprint density at radius 2 is 1.57 bits per heavy atom. The van der Waals surface area contributed by atoms with Crippen molar-refractivity contribution >= 4 is 11.9 Å². The third kappa shape index (κ3) is 6.01. The van der Waals surface area contributed by atoms with Gasteiger partial charge in [-0.15, -0.1) is 5.73 Å². The molecular weight excluding hydrogens is 268 g/mol. The summed E-state index contributed by atoms with van der Waals surface area (Å²) >= 11 is 0. The van der Waals surface area contributed by atoms with Crippen LogP contribution in [-0.4, -0.2) is 26.2 Å². The molecule has 21 heavy (non-hydrogen) atoms. The molecule has 0 saturated heterocycles. The minimum atomic E-state index is -1.29. The van der Waals surface area contributed by atoms with Crippen molar-refractivity contribution in [2.75, 3.05) is 14.2 Å². The van der Waals surface area contributed by atoms with Crippen molar-refractivity contribution in [3.8, 4) is 0 Å². The maximum atomic E-state index is 12.2. The highest BCUT2D eigenvalue weighted by Gasteiger charge is 2.46. The van der Waals surface area contributed by atoms with Gasteiger partial charge in [0.15, 0.2) is 5.41 Å². The Balaban J connectivity index is 5.46. The van der Waals surface area contributed by atoms with Gasteiger partial charge in [-0.3, -0.25) is 9.59 Å². The predicted octanol–water partition coefficient (Wildman–Crippen LogP) is 3.58. The summed E-state index contributed by atoms with van der Waals surface area (Å²) in [4.78, 5) is 24.4. The molecule has 0 saturated carbocycles. The van der Waals surface area contributed by atoms with E-state index in [-0.39, 0.29) is 6.42 Å². The van der Waals surface area contributed by atoms with Crippen LogP contribution in [0.1, 0.15) is 47.0 Å². The van der Waals surface area contributed by atoms with E-state index >= 15 is 0 Å². The molecule has 0 aliphatic heterocycles. The smallest absolute Gasteiger partial charge is 0.323 e. The number of methoxy groups -OCH3 is 2. The first-order chi connectivity index (χ1) is 9.80.